The first-order valence-corrected chi connectivity index (χ1v) is 6.68. The van der Waals surface area contributed by atoms with Crippen molar-refractivity contribution in [3.05, 3.63) is 0 Å². The molecule has 20 heavy (non-hydrogen) atoms. The molecule has 2 N–H and O–H groups in total. The quantitative estimate of drug-likeness (QED) is 0.811. The van der Waals surface area contributed by atoms with Crippen LogP contribution in [0, 0.1) is 0 Å². The lowest BCUT2D eigenvalue weighted by atomic mass is 10.1. The van der Waals surface area contributed by atoms with Crippen LogP contribution in [0.4, 0.5) is 4.79 Å². The van der Waals surface area contributed by atoms with Crippen molar-refractivity contribution < 1.29 is 19.2 Å². The van der Waals surface area contributed by atoms with Crippen molar-refractivity contribution in [2.45, 2.75) is 58.8 Å². The average Bonchev–Trinajstić information content (AvgIpc) is 2.71. The third kappa shape index (κ3) is 5.90. The number of ether oxygens (including phenoxy) is 1. The van der Waals surface area contributed by atoms with Crippen LogP contribution in [0.25, 0.3) is 0 Å². The minimum atomic E-state index is -0.542. The summed E-state index contributed by atoms with van der Waals surface area (Å²) >= 11 is 0. The number of amides is 2. The molecule has 0 aromatic carbocycles. The summed E-state index contributed by atoms with van der Waals surface area (Å²) in [5, 5.41) is 9.06. The summed E-state index contributed by atoms with van der Waals surface area (Å²) in [6, 6.07) is 0.0455. The van der Waals surface area contributed by atoms with E-state index in [-0.39, 0.29) is 24.6 Å². The molecule has 0 aromatic rings. The van der Waals surface area contributed by atoms with E-state index in [9.17, 15) is 9.59 Å². The first kappa shape index (κ1) is 16.3. The lowest BCUT2D eigenvalue weighted by Gasteiger charge is -2.20. The van der Waals surface area contributed by atoms with Crippen LogP contribution in [-0.4, -0.2) is 42.0 Å². The van der Waals surface area contributed by atoms with E-state index in [2.05, 4.69) is 15.8 Å². The minimum absolute atomic E-state index is 0.0455. The Morgan fingerprint density at radius 2 is 2.10 bits per heavy atom. The van der Waals surface area contributed by atoms with E-state index in [4.69, 9.17) is 9.57 Å². The highest BCUT2D eigenvalue weighted by molar-refractivity contribution is 6.39. The van der Waals surface area contributed by atoms with Gasteiger partial charge in [0, 0.05) is 12.5 Å². The zero-order valence-corrected chi connectivity index (χ0v) is 12.6. The van der Waals surface area contributed by atoms with Crippen LogP contribution in [0.3, 0.4) is 0 Å². The van der Waals surface area contributed by atoms with Crippen molar-refractivity contribution in [2.75, 3.05) is 6.54 Å². The van der Waals surface area contributed by atoms with Gasteiger partial charge in [0.2, 0.25) is 0 Å². The van der Waals surface area contributed by atoms with E-state index < -0.39 is 11.7 Å². The summed E-state index contributed by atoms with van der Waals surface area (Å²) in [5.41, 5.74) is -0.200. The largest absolute Gasteiger partial charge is 0.444 e. The molecule has 1 rings (SSSR count). The van der Waals surface area contributed by atoms with Gasteiger partial charge in [0.05, 0.1) is 6.54 Å². The number of rotatable bonds is 4. The summed E-state index contributed by atoms with van der Waals surface area (Å²) < 4.78 is 5.10. The molecule has 2 amide bonds. The van der Waals surface area contributed by atoms with Gasteiger partial charge in [-0.25, -0.2) is 4.79 Å². The van der Waals surface area contributed by atoms with E-state index in [0.717, 1.165) is 0 Å². The van der Waals surface area contributed by atoms with Crippen LogP contribution < -0.4 is 10.6 Å². The highest BCUT2D eigenvalue weighted by Crippen LogP contribution is 2.11. The Labute approximate surface area is 119 Å². The van der Waals surface area contributed by atoms with Crippen molar-refractivity contribution in [3.63, 3.8) is 0 Å². The molecule has 0 aliphatic carbocycles. The molecule has 0 saturated heterocycles. The molecule has 0 saturated carbocycles. The minimum Gasteiger partial charge on any atom is -0.444 e. The fraction of sp³-hybridized carbons (Fsp3) is 0.769. The van der Waals surface area contributed by atoms with Gasteiger partial charge in [-0.05, 0) is 34.6 Å². The highest BCUT2D eigenvalue weighted by Gasteiger charge is 2.27. The van der Waals surface area contributed by atoms with E-state index in [1.54, 1.807) is 20.8 Å². The maximum Gasteiger partial charge on any atom is 0.407 e. The third-order valence-electron chi connectivity index (χ3n) is 2.29. The van der Waals surface area contributed by atoms with Crippen LogP contribution in [0.5, 0.6) is 0 Å². The van der Waals surface area contributed by atoms with E-state index in [1.807, 2.05) is 13.8 Å². The Kier molecular flexibility index (Phi) is 5.35. The van der Waals surface area contributed by atoms with Crippen LogP contribution in [0.15, 0.2) is 5.16 Å². The Bertz CT molecular complexity index is 399. The van der Waals surface area contributed by atoms with Crippen molar-refractivity contribution >= 4 is 17.7 Å². The monoisotopic (exact) mass is 285 g/mol. The maximum absolute atomic E-state index is 11.7. The topological polar surface area (TPSA) is 89.0 Å². The predicted octanol–water partition coefficient (Wildman–Crippen LogP) is 1.18. The molecule has 0 bridgehead atoms. The highest BCUT2D eigenvalue weighted by atomic mass is 16.6. The second kappa shape index (κ2) is 6.58. The SMILES string of the molecule is CC(C)NC(=O)C1=NO[C@H](CNC(=O)OC(C)(C)C)C1. The van der Waals surface area contributed by atoms with Crippen molar-refractivity contribution in [1.82, 2.24) is 10.6 Å². The fourth-order valence-electron chi connectivity index (χ4n) is 1.53. The third-order valence-corrected chi connectivity index (χ3v) is 2.29. The summed E-state index contributed by atoms with van der Waals surface area (Å²) in [4.78, 5) is 28.3. The van der Waals surface area contributed by atoms with Crippen LogP contribution in [-0.2, 0) is 14.4 Å². The van der Waals surface area contributed by atoms with Crippen molar-refractivity contribution in [3.8, 4) is 0 Å². The van der Waals surface area contributed by atoms with Crippen molar-refractivity contribution in [1.29, 1.82) is 0 Å². The van der Waals surface area contributed by atoms with Crippen LogP contribution in [0.1, 0.15) is 41.0 Å². The Balaban J connectivity index is 2.30. The second-order valence-electron chi connectivity index (χ2n) is 5.98. The molecule has 1 atom stereocenters. The van der Waals surface area contributed by atoms with Gasteiger partial charge in [-0.3, -0.25) is 4.79 Å². The normalized spacial score (nSPS) is 18.3. The van der Waals surface area contributed by atoms with E-state index in [1.165, 1.54) is 0 Å². The summed E-state index contributed by atoms with van der Waals surface area (Å²) in [6.45, 7) is 9.35. The molecule has 114 valence electrons. The molecular formula is C13H23N3O4. The first-order chi connectivity index (χ1) is 9.17. The zero-order chi connectivity index (χ0) is 15.3. The van der Waals surface area contributed by atoms with Gasteiger partial charge < -0.3 is 20.2 Å². The van der Waals surface area contributed by atoms with Gasteiger partial charge in [-0.1, -0.05) is 5.16 Å². The number of oxime groups is 1. The smallest absolute Gasteiger partial charge is 0.407 e. The molecule has 0 unspecified atom stereocenters. The molecule has 0 spiro atoms. The standard InChI is InChI=1S/C13H23N3O4/c1-8(2)15-11(17)10-6-9(20-16-10)7-14-12(18)19-13(3,4)5/h8-9H,6-7H2,1-5H3,(H,14,18)(H,15,17)/t9-/m0/s1. The number of carbonyl (C=O) groups is 2. The first-order valence-electron chi connectivity index (χ1n) is 6.68. The molecule has 1 aliphatic heterocycles. The number of nitrogens with one attached hydrogen (secondary N) is 2. The molecular weight excluding hydrogens is 262 g/mol. The summed E-state index contributed by atoms with van der Waals surface area (Å²) in [6.07, 6.45) is -0.481. The second-order valence-corrected chi connectivity index (χ2v) is 5.98. The molecule has 1 heterocycles. The number of hydrogen-bond donors (Lipinski definition) is 2. The van der Waals surface area contributed by atoms with E-state index >= 15 is 0 Å². The molecule has 7 heteroatoms. The maximum atomic E-state index is 11.7. The van der Waals surface area contributed by atoms with Gasteiger partial charge in [0.1, 0.15) is 11.3 Å². The summed E-state index contributed by atoms with van der Waals surface area (Å²) in [5.74, 6) is -0.236. The molecule has 1 aliphatic rings. The fourth-order valence-corrected chi connectivity index (χ4v) is 1.53. The van der Waals surface area contributed by atoms with Crippen LogP contribution in [0.2, 0.25) is 0 Å². The van der Waals surface area contributed by atoms with Gasteiger partial charge >= 0.3 is 6.09 Å². The van der Waals surface area contributed by atoms with E-state index in [0.29, 0.717) is 12.1 Å². The Morgan fingerprint density at radius 3 is 2.65 bits per heavy atom. The van der Waals surface area contributed by atoms with Gasteiger partial charge in [0.25, 0.3) is 5.91 Å². The average molecular weight is 285 g/mol. The van der Waals surface area contributed by atoms with Crippen molar-refractivity contribution in [2.24, 2.45) is 5.16 Å². The lowest BCUT2D eigenvalue weighted by Crippen LogP contribution is -2.38. The number of carbonyl (C=O) groups excluding carboxylic acids is 2. The lowest BCUT2D eigenvalue weighted by molar-refractivity contribution is -0.115. The predicted molar refractivity (Wildman–Crippen MR) is 74.4 cm³/mol. The van der Waals surface area contributed by atoms with Gasteiger partial charge in [0.15, 0.2) is 6.10 Å². The molecule has 0 radical (unpaired) electrons. The molecule has 0 fully saturated rings. The number of hydrogen-bond acceptors (Lipinski definition) is 5. The number of nitrogens with zero attached hydrogens (tertiary/aromatic N) is 1. The van der Waals surface area contributed by atoms with Gasteiger partial charge in [-0.15, -0.1) is 0 Å². The Morgan fingerprint density at radius 1 is 1.45 bits per heavy atom. The molecule has 7 nitrogen and oxygen atoms in total. The molecule has 0 aromatic heterocycles. The van der Waals surface area contributed by atoms with Gasteiger partial charge in [-0.2, -0.15) is 0 Å². The zero-order valence-electron chi connectivity index (χ0n) is 12.6. The summed E-state index contributed by atoms with van der Waals surface area (Å²) in [7, 11) is 0. The Hall–Kier alpha value is -1.79. The number of alkyl carbamates (subject to hydrolysis) is 1. The van der Waals surface area contributed by atoms with Crippen LogP contribution >= 0.6 is 0 Å².